The van der Waals surface area contributed by atoms with Crippen LogP contribution in [0.1, 0.15) is 32.1 Å². The van der Waals surface area contributed by atoms with Gasteiger partial charge < -0.3 is 4.79 Å². The summed E-state index contributed by atoms with van der Waals surface area (Å²) >= 11 is 0. The van der Waals surface area contributed by atoms with Gasteiger partial charge in [0, 0.05) is 5.92 Å². The molecule has 0 aromatic heterocycles. The molecule has 3 atom stereocenters. The van der Waals surface area contributed by atoms with Crippen molar-refractivity contribution in [2.75, 3.05) is 0 Å². The molecule has 0 amide bonds. The van der Waals surface area contributed by atoms with Crippen LogP contribution in [0.2, 0.25) is 0 Å². The maximum Gasteiger partial charge on any atom is 0.123 e. The molecule has 0 heterocycles. The van der Waals surface area contributed by atoms with E-state index in [0.29, 0.717) is 17.8 Å². The highest BCUT2D eigenvalue weighted by Gasteiger charge is 2.47. The minimum Gasteiger partial charge on any atom is -0.303 e. The van der Waals surface area contributed by atoms with Gasteiger partial charge in [0.1, 0.15) is 6.29 Å². The number of allylic oxidation sites excluding steroid dienone is 2. The fourth-order valence-electron chi connectivity index (χ4n) is 2.35. The zero-order valence-electron chi connectivity index (χ0n) is 7.41. The Hall–Kier alpha value is -0.590. The van der Waals surface area contributed by atoms with E-state index < -0.39 is 0 Å². The lowest BCUT2D eigenvalue weighted by Gasteiger charge is -1.96. The summed E-state index contributed by atoms with van der Waals surface area (Å²) in [6.07, 6.45) is 12.2. The van der Waals surface area contributed by atoms with Gasteiger partial charge in [0.05, 0.1) is 0 Å². The lowest BCUT2D eigenvalue weighted by molar-refractivity contribution is -0.109. The van der Waals surface area contributed by atoms with Crippen molar-refractivity contribution in [2.24, 2.45) is 17.8 Å². The molecule has 3 unspecified atom stereocenters. The molecular weight excluding hydrogens is 148 g/mol. The van der Waals surface area contributed by atoms with Gasteiger partial charge in [0.2, 0.25) is 0 Å². The second kappa shape index (κ2) is 3.42. The summed E-state index contributed by atoms with van der Waals surface area (Å²) < 4.78 is 0. The Labute approximate surface area is 73.8 Å². The van der Waals surface area contributed by atoms with Crippen molar-refractivity contribution in [3.8, 4) is 0 Å². The molecule has 0 spiro atoms. The smallest absolute Gasteiger partial charge is 0.123 e. The summed E-state index contributed by atoms with van der Waals surface area (Å²) in [6, 6.07) is 0. The number of carbonyl (C=O) groups excluding carboxylic acids is 1. The average Bonchev–Trinajstić information content (AvgIpc) is 2.73. The lowest BCUT2D eigenvalue weighted by Crippen LogP contribution is -1.84. The molecule has 0 aromatic carbocycles. The van der Waals surface area contributed by atoms with E-state index in [4.69, 9.17) is 0 Å². The van der Waals surface area contributed by atoms with Crippen LogP contribution in [0.5, 0.6) is 0 Å². The summed E-state index contributed by atoms with van der Waals surface area (Å²) in [4.78, 5) is 10.6. The van der Waals surface area contributed by atoms with Gasteiger partial charge in [-0.25, -0.2) is 0 Å². The molecule has 66 valence electrons. The van der Waals surface area contributed by atoms with Crippen molar-refractivity contribution in [1.82, 2.24) is 0 Å². The Balaban J connectivity index is 1.97. The van der Waals surface area contributed by atoms with Crippen molar-refractivity contribution in [1.29, 1.82) is 0 Å². The van der Waals surface area contributed by atoms with Gasteiger partial charge in [-0.3, -0.25) is 0 Å². The summed E-state index contributed by atoms with van der Waals surface area (Å²) in [6.45, 7) is 0. The Kier molecular flexibility index (Phi) is 2.29. The van der Waals surface area contributed by atoms with Crippen molar-refractivity contribution < 1.29 is 4.79 Å². The fraction of sp³-hybridized carbons (Fsp3) is 0.727. The normalized spacial score (nSPS) is 43.2. The number of aldehydes is 1. The standard InChI is InChI=1S/C11H16O/c12-8-11-9-6-4-2-1-3-5-7-10(9)11/h4,6,8-11H,1-3,5,7H2/b6-4-. The van der Waals surface area contributed by atoms with Gasteiger partial charge >= 0.3 is 0 Å². The van der Waals surface area contributed by atoms with Crippen LogP contribution in [0.4, 0.5) is 0 Å². The van der Waals surface area contributed by atoms with Gasteiger partial charge in [-0.05, 0) is 31.1 Å². The van der Waals surface area contributed by atoms with Gasteiger partial charge in [0.25, 0.3) is 0 Å². The van der Waals surface area contributed by atoms with Crippen molar-refractivity contribution in [3.63, 3.8) is 0 Å². The average molecular weight is 164 g/mol. The van der Waals surface area contributed by atoms with Gasteiger partial charge in [0.15, 0.2) is 0 Å². The van der Waals surface area contributed by atoms with Gasteiger partial charge in [-0.1, -0.05) is 25.0 Å². The van der Waals surface area contributed by atoms with E-state index in [9.17, 15) is 4.79 Å². The zero-order valence-corrected chi connectivity index (χ0v) is 7.41. The van der Waals surface area contributed by atoms with E-state index in [1.807, 2.05) is 0 Å². The quantitative estimate of drug-likeness (QED) is 0.430. The molecule has 0 aromatic rings. The molecular formula is C11H16O. The Morgan fingerprint density at radius 2 is 2.17 bits per heavy atom. The highest BCUT2D eigenvalue weighted by atomic mass is 16.1. The number of rotatable bonds is 1. The first-order valence-corrected chi connectivity index (χ1v) is 5.05. The monoisotopic (exact) mass is 164 g/mol. The highest BCUT2D eigenvalue weighted by Crippen LogP contribution is 2.49. The van der Waals surface area contributed by atoms with Crippen molar-refractivity contribution in [2.45, 2.75) is 32.1 Å². The summed E-state index contributed by atoms with van der Waals surface area (Å²) in [5.41, 5.74) is 0. The number of fused-ring (bicyclic) bond motifs is 1. The molecule has 1 fully saturated rings. The second-order valence-electron chi connectivity index (χ2n) is 4.02. The van der Waals surface area contributed by atoms with Crippen molar-refractivity contribution in [3.05, 3.63) is 12.2 Å². The van der Waals surface area contributed by atoms with Crippen LogP contribution in [0, 0.1) is 17.8 Å². The maximum atomic E-state index is 10.6. The number of hydrogen-bond donors (Lipinski definition) is 0. The van der Waals surface area contributed by atoms with Crippen LogP contribution in [0.15, 0.2) is 12.2 Å². The van der Waals surface area contributed by atoms with Gasteiger partial charge in [-0.2, -0.15) is 0 Å². The molecule has 1 nitrogen and oxygen atoms in total. The topological polar surface area (TPSA) is 17.1 Å². The predicted octanol–water partition coefficient (Wildman–Crippen LogP) is 2.57. The van der Waals surface area contributed by atoms with Gasteiger partial charge in [-0.15, -0.1) is 0 Å². The van der Waals surface area contributed by atoms with Crippen LogP contribution >= 0.6 is 0 Å². The van der Waals surface area contributed by atoms with Crippen LogP contribution in [0.25, 0.3) is 0 Å². The van der Waals surface area contributed by atoms with E-state index in [-0.39, 0.29) is 0 Å². The Bertz CT molecular complexity index is 195. The molecule has 2 aliphatic carbocycles. The summed E-state index contributed by atoms with van der Waals surface area (Å²) in [5, 5.41) is 0. The third kappa shape index (κ3) is 1.45. The Morgan fingerprint density at radius 3 is 3.00 bits per heavy atom. The first-order valence-electron chi connectivity index (χ1n) is 5.05. The fourth-order valence-corrected chi connectivity index (χ4v) is 2.35. The summed E-state index contributed by atoms with van der Waals surface area (Å²) in [5.74, 6) is 1.69. The molecule has 0 radical (unpaired) electrons. The number of hydrogen-bond acceptors (Lipinski definition) is 1. The first kappa shape index (κ1) is 8.03. The van der Waals surface area contributed by atoms with E-state index in [1.54, 1.807) is 0 Å². The number of carbonyl (C=O) groups is 1. The van der Waals surface area contributed by atoms with Crippen molar-refractivity contribution >= 4 is 6.29 Å². The molecule has 2 aliphatic rings. The maximum absolute atomic E-state index is 10.6. The minimum absolute atomic E-state index is 0.374. The van der Waals surface area contributed by atoms with Crippen LogP contribution < -0.4 is 0 Å². The van der Waals surface area contributed by atoms with E-state index >= 15 is 0 Å². The first-order chi connectivity index (χ1) is 5.93. The Morgan fingerprint density at radius 1 is 1.25 bits per heavy atom. The second-order valence-corrected chi connectivity index (χ2v) is 4.02. The van der Waals surface area contributed by atoms with E-state index in [0.717, 1.165) is 6.29 Å². The molecule has 0 bridgehead atoms. The summed E-state index contributed by atoms with van der Waals surface area (Å²) in [7, 11) is 0. The molecule has 12 heavy (non-hydrogen) atoms. The zero-order chi connectivity index (χ0) is 8.39. The molecule has 0 saturated heterocycles. The molecule has 0 aliphatic heterocycles. The van der Waals surface area contributed by atoms with E-state index in [1.165, 1.54) is 32.1 Å². The lowest BCUT2D eigenvalue weighted by atomic mass is 10.1. The minimum atomic E-state index is 0.374. The van der Waals surface area contributed by atoms with Crippen LogP contribution in [-0.4, -0.2) is 6.29 Å². The highest BCUT2D eigenvalue weighted by molar-refractivity contribution is 5.60. The SMILES string of the molecule is O=CC1C2/C=C\CCCCCC12. The largest absolute Gasteiger partial charge is 0.303 e. The molecule has 2 rings (SSSR count). The predicted molar refractivity (Wildman–Crippen MR) is 48.8 cm³/mol. The van der Waals surface area contributed by atoms with E-state index in [2.05, 4.69) is 12.2 Å². The van der Waals surface area contributed by atoms with Crippen LogP contribution in [-0.2, 0) is 4.79 Å². The third-order valence-corrected chi connectivity index (χ3v) is 3.22. The van der Waals surface area contributed by atoms with Crippen LogP contribution in [0.3, 0.4) is 0 Å². The molecule has 1 saturated carbocycles. The molecule has 1 heteroatoms. The molecule has 0 N–H and O–H groups in total. The third-order valence-electron chi connectivity index (χ3n) is 3.22.